The number of nitrogens with zero attached hydrogens (tertiary/aromatic N) is 1. The molecule has 0 bridgehead atoms. The van der Waals surface area contributed by atoms with Crippen LogP contribution in [0, 0.1) is 0 Å². The van der Waals surface area contributed by atoms with E-state index in [-0.39, 0.29) is 25.4 Å². The van der Waals surface area contributed by atoms with Crippen LogP contribution in [0.4, 0.5) is 0 Å². The molecule has 1 saturated heterocycles. The molecule has 0 spiro atoms. The van der Waals surface area contributed by atoms with Gasteiger partial charge in [-0.2, -0.15) is 0 Å². The van der Waals surface area contributed by atoms with Gasteiger partial charge in [-0.25, -0.2) is 4.79 Å². The van der Waals surface area contributed by atoms with Crippen molar-refractivity contribution in [3.63, 3.8) is 0 Å². The van der Waals surface area contributed by atoms with Gasteiger partial charge in [0.2, 0.25) is 5.91 Å². The van der Waals surface area contributed by atoms with Gasteiger partial charge in [0, 0.05) is 19.0 Å². The van der Waals surface area contributed by atoms with Crippen LogP contribution in [-0.4, -0.2) is 58.3 Å². The predicted molar refractivity (Wildman–Crippen MR) is 64.0 cm³/mol. The van der Waals surface area contributed by atoms with Crippen molar-refractivity contribution in [1.82, 2.24) is 10.2 Å². The first kappa shape index (κ1) is 13.3. The zero-order valence-corrected chi connectivity index (χ0v) is 10.3. The minimum absolute atomic E-state index is 0.127. The Morgan fingerprint density at radius 3 is 2.56 bits per heavy atom. The van der Waals surface area contributed by atoms with E-state index in [2.05, 4.69) is 5.32 Å². The second kappa shape index (κ2) is 5.67. The number of carbonyl (C=O) groups is 2. The number of carboxylic acids is 1. The summed E-state index contributed by atoms with van der Waals surface area (Å²) < 4.78 is 0. The van der Waals surface area contributed by atoms with E-state index in [0.29, 0.717) is 6.04 Å². The third kappa shape index (κ3) is 3.00. The molecule has 1 aliphatic heterocycles. The number of hydrogen-bond acceptors (Lipinski definition) is 4. The van der Waals surface area contributed by atoms with Gasteiger partial charge >= 0.3 is 5.97 Å². The first-order valence-corrected chi connectivity index (χ1v) is 6.51. The molecular formula is C12H20N2O4. The van der Waals surface area contributed by atoms with Gasteiger partial charge < -0.3 is 20.4 Å². The highest BCUT2D eigenvalue weighted by Gasteiger charge is 2.38. The van der Waals surface area contributed by atoms with Crippen LogP contribution in [-0.2, 0) is 9.59 Å². The van der Waals surface area contributed by atoms with Crippen molar-refractivity contribution in [1.29, 1.82) is 0 Å². The fourth-order valence-electron chi connectivity index (χ4n) is 2.79. The SMILES string of the molecule is O=C(O)[C@H]1C[C@@H](O)CN1C(=O)CNC1CCCC1. The van der Waals surface area contributed by atoms with Crippen molar-refractivity contribution in [3.8, 4) is 0 Å². The molecule has 102 valence electrons. The summed E-state index contributed by atoms with van der Waals surface area (Å²) in [4.78, 5) is 24.2. The summed E-state index contributed by atoms with van der Waals surface area (Å²) in [6.45, 7) is 0.295. The third-order valence-corrected chi connectivity index (χ3v) is 3.78. The Morgan fingerprint density at radius 2 is 1.94 bits per heavy atom. The smallest absolute Gasteiger partial charge is 0.326 e. The van der Waals surface area contributed by atoms with E-state index in [4.69, 9.17) is 5.11 Å². The summed E-state index contributed by atoms with van der Waals surface area (Å²) in [7, 11) is 0. The highest BCUT2D eigenvalue weighted by Crippen LogP contribution is 2.19. The van der Waals surface area contributed by atoms with Gasteiger partial charge in [0.25, 0.3) is 0 Å². The average Bonchev–Trinajstić information content (AvgIpc) is 2.94. The highest BCUT2D eigenvalue weighted by molar-refractivity contribution is 5.85. The number of nitrogens with one attached hydrogen (secondary N) is 1. The van der Waals surface area contributed by atoms with Crippen LogP contribution in [0.3, 0.4) is 0 Å². The second-order valence-corrected chi connectivity index (χ2v) is 5.15. The first-order valence-electron chi connectivity index (χ1n) is 6.51. The van der Waals surface area contributed by atoms with Gasteiger partial charge in [0.15, 0.2) is 0 Å². The van der Waals surface area contributed by atoms with Gasteiger partial charge in [-0.05, 0) is 12.8 Å². The Hall–Kier alpha value is -1.14. The lowest BCUT2D eigenvalue weighted by Crippen LogP contribution is -2.46. The van der Waals surface area contributed by atoms with E-state index in [0.717, 1.165) is 12.8 Å². The summed E-state index contributed by atoms with van der Waals surface area (Å²) >= 11 is 0. The van der Waals surface area contributed by atoms with Gasteiger partial charge in [-0.1, -0.05) is 12.8 Å². The van der Waals surface area contributed by atoms with Crippen molar-refractivity contribution in [3.05, 3.63) is 0 Å². The average molecular weight is 256 g/mol. The zero-order chi connectivity index (χ0) is 13.1. The molecule has 2 atom stereocenters. The van der Waals surface area contributed by atoms with Crippen LogP contribution >= 0.6 is 0 Å². The molecule has 1 saturated carbocycles. The number of rotatable bonds is 4. The Labute approximate surface area is 106 Å². The number of β-amino-alcohol motifs (C(OH)–C–C–N with tert-alkyl or cyclic N) is 1. The fourth-order valence-corrected chi connectivity index (χ4v) is 2.79. The van der Waals surface area contributed by atoms with E-state index in [1.165, 1.54) is 17.7 Å². The molecule has 1 heterocycles. The molecule has 6 heteroatoms. The van der Waals surface area contributed by atoms with Gasteiger partial charge in [-0.3, -0.25) is 4.79 Å². The molecule has 0 aromatic carbocycles. The number of likely N-dealkylation sites (tertiary alicyclic amines) is 1. The number of amides is 1. The Morgan fingerprint density at radius 1 is 1.28 bits per heavy atom. The molecule has 6 nitrogen and oxygen atoms in total. The minimum Gasteiger partial charge on any atom is -0.480 e. The number of carbonyl (C=O) groups excluding carboxylic acids is 1. The van der Waals surface area contributed by atoms with Crippen molar-refractivity contribution in [2.45, 2.75) is 50.3 Å². The largest absolute Gasteiger partial charge is 0.480 e. The van der Waals surface area contributed by atoms with Gasteiger partial charge in [0.05, 0.1) is 12.6 Å². The Balaban J connectivity index is 1.85. The number of hydrogen-bond donors (Lipinski definition) is 3. The molecule has 0 radical (unpaired) electrons. The van der Waals surface area contributed by atoms with Gasteiger partial charge in [0.1, 0.15) is 6.04 Å². The molecule has 0 unspecified atom stereocenters. The molecule has 3 N–H and O–H groups in total. The Kier molecular flexibility index (Phi) is 4.19. The molecule has 1 amide bonds. The zero-order valence-electron chi connectivity index (χ0n) is 10.3. The van der Waals surface area contributed by atoms with Crippen LogP contribution in [0.25, 0.3) is 0 Å². The van der Waals surface area contributed by atoms with Crippen molar-refractivity contribution < 1.29 is 19.8 Å². The maximum absolute atomic E-state index is 12.0. The standard InChI is InChI=1S/C12H20N2O4/c15-9-5-10(12(17)18)14(7-9)11(16)6-13-8-3-1-2-4-8/h8-10,13,15H,1-7H2,(H,17,18)/t9-,10-/m1/s1. The maximum Gasteiger partial charge on any atom is 0.326 e. The van der Waals surface area contributed by atoms with Crippen molar-refractivity contribution in [2.24, 2.45) is 0 Å². The molecule has 0 aromatic heterocycles. The second-order valence-electron chi connectivity index (χ2n) is 5.15. The van der Waals surface area contributed by atoms with Crippen LogP contribution in [0.2, 0.25) is 0 Å². The lowest BCUT2D eigenvalue weighted by molar-refractivity contribution is -0.147. The molecule has 2 rings (SSSR count). The van der Waals surface area contributed by atoms with E-state index in [1.807, 2.05) is 0 Å². The van der Waals surface area contributed by atoms with Crippen LogP contribution in [0.5, 0.6) is 0 Å². The summed E-state index contributed by atoms with van der Waals surface area (Å²) in [5.41, 5.74) is 0. The van der Waals surface area contributed by atoms with Crippen LogP contribution in [0.1, 0.15) is 32.1 Å². The van der Waals surface area contributed by atoms with Crippen molar-refractivity contribution >= 4 is 11.9 Å². The van der Waals surface area contributed by atoms with E-state index in [1.54, 1.807) is 0 Å². The molecule has 18 heavy (non-hydrogen) atoms. The summed E-state index contributed by atoms with van der Waals surface area (Å²) in [5, 5.41) is 21.6. The van der Waals surface area contributed by atoms with E-state index < -0.39 is 18.1 Å². The molecule has 0 aromatic rings. The number of aliphatic hydroxyl groups excluding tert-OH is 1. The third-order valence-electron chi connectivity index (χ3n) is 3.78. The highest BCUT2D eigenvalue weighted by atomic mass is 16.4. The fraction of sp³-hybridized carbons (Fsp3) is 0.833. The summed E-state index contributed by atoms with van der Waals surface area (Å²) in [5.74, 6) is -1.27. The molecule has 1 aliphatic carbocycles. The lowest BCUT2D eigenvalue weighted by Gasteiger charge is -2.22. The quantitative estimate of drug-likeness (QED) is 0.635. The van der Waals surface area contributed by atoms with Crippen LogP contribution < -0.4 is 5.32 Å². The van der Waals surface area contributed by atoms with E-state index >= 15 is 0 Å². The number of carboxylic acid groups (broad SMARTS) is 1. The first-order chi connectivity index (χ1) is 8.58. The Bertz CT molecular complexity index is 328. The monoisotopic (exact) mass is 256 g/mol. The molecule has 2 aliphatic rings. The molecular weight excluding hydrogens is 236 g/mol. The minimum atomic E-state index is -1.04. The van der Waals surface area contributed by atoms with Crippen LogP contribution in [0.15, 0.2) is 0 Å². The predicted octanol–water partition coefficient (Wildman–Crippen LogP) is -0.435. The van der Waals surface area contributed by atoms with E-state index in [9.17, 15) is 14.7 Å². The molecule has 2 fully saturated rings. The summed E-state index contributed by atoms with van der Waals surface area (Å²) in [6, 6.07) is -0.498. The normalized spacial score (nSPS) is 28.8. The van der Waals surface area contributed by atoms with Crippen molar-refractivity contribution in [2.75, 3.05) is 13.1 Å². The topological polar surface area (TPSA) is 89.9 Å². The lowest BCUT2D eigenvalue weighted by atomic mass is 10.2. The maximum atomic E-state index is 12.0. The number of aliphatic carboxylic acids is 1. The summed E-state index contributed by atoms with van der Waals surface area (Å²) in [6.07, 6.45) is 3.94. The number of aliphatic hydroxyl groups is 1. The van der Waals surface area contributed by atoms with Gasteiger partial charge in [-0.15, -0.1) is 0 Å².